The first kappa shape index (κ1) is 13.6. The summed E-state index contributed by atoms with van der Waals surface area (Å²) >= 11 is 0. The van der Waals surface area contributed by atoms with Gasteiger partial charge in [0.1, 0.15) is 0 Å². The molecule has 0 aliphatic carbocycles. The van der Waals surface area contributed by atoms with Gasteiger partial charge >= 0.3 is 5.97 Å². The van der Waals surface area contributed by atoms with Crippen molar-refractivity contribution in [1.82, 2.24) is 5.48 Å². The van der Waals surface area contributed by atoms with E-state index in [4.69, 9.17) is 10.3 Å². The van der Waals surface area contributed by atoms with Crippen LogP contribution in [0.1, 0.15) is 18.5 Å². The Labute approximate surface area is 98.8 Å². The van der Waals surface area contributed by atoms with Crippen molar-refractivity contribution in [3.05, 3.63) is 29.8 Å². The van der Waals surface area contributed by atoms with Crippen LogP contribution in [0, 0.1) is 0 Å². The molecule has 1 atom stereocenters. The van der Waals surface area contributed by atoms with Gasteiger partial charge in [-0.25, -0.2) is 8.42 Å². The molecule has 6 nitrogen and oxygen atoms in total. The first-order chi connectivity index (χ1) is 7.86. The Morgan fingerprint density at radius 2 is 1.88 bits per heavy atom. The van der Waals surface area contributed by atoms with E-state index in [0.717, 1.165) is 0 Å². The topological polar surface area (TPSA) is 104 Å². The van der Waals surface area contributed by atoms with E-state index in [2.05, 4.69) is 0 Å². The van der Waals surface area contributed by atoms with Crippen LogP contribution in [0.2, 0.25) is 0 Å². The van der Waals surface area contributed by atoms with Crippen molar-refractivity contribution in [1.29, 1.82) is 0 Å². The maximum atomic E-state index is 11.5. The predicted molar refractivity (Wildman–Crippen MR) is 59.5 cm³/mol. The highest BCUT2D eigenvalue weighted by Gasteiger charge is 2.18. The van der Waals surface area contributed by atoms with Crippen LogP contribution in [0.25, 0.3) is 0 Å². The number of sulfone groups is 1. The smallest absolute Gasteiger partial charge is 0.319 e. The van der Waals surface area contributed by atoms with Crippen LogP contribution in [-0.4, -0.2) is 30.5 Å². The minimum atomic E-state index is -3.79. The van der Waals surface area contributed by atoms with E-state index in [-0.39, 0.29) is 10.9 Å². The van der Waals surface area contributed by atoms with Gasteiger partial charge in [0.25, 0.3) is 0 Å². The Balaban J connectivity index is 2.99. The number of benzene rings is 1. The summed E-state index contributed by atoms with van der Waals surface area (Å²) in [5.74, 6) is -2.32. The minimum Gasteiger partial charge on any atom is -0.480 e. The number of aliphatic carboxylic acids is 1. The zero-order valence-corrected chi connectivity index (χ0v) is 9.94. The van der Waals surface area contributed by atoms with Crippen LogP contribution >= 0.6 is 0 Å². The number of hydrogen-bond donors (Lipinski definition) is 3. The zero-order valence-electron chi connectivity index (χ0n) is 9.12. The summed E-state index contributed by atoms with van der Waals surface area (Å²) < 4.78 is 23.1. The van der Waals surface area contributed by atoms with Gasteiger partial charge in [-0.1, -0.05) is 12.1 Å². The lowest BCUT2D eigenvalue weighted by molar-refractivity contribution is -0.134. The van der Waals surface area contributed by atoms with Gasteiger partial charge in [-0.05, 0) is 24.6 Å². The second kappa shape index (κ2) is 5.26. The number of carbonyl (C=O) groups is 1. The minimum absolute atomic E-state index is 0.0474. The molecule has 1 aromatic carbocycles. The summed E-state index contributed by atoms with van der Waals surface area (Å²) in [6, 6.07) is 5.35. The van der Waals surface area contributed by atoms with Crippen LogP contribution in [0.3, 0.4) is 0 Å². The molecule has 7 heteroatoms. The molecule has 17 heavy (non-hydrogen) atoms. The van der Waals surface area contributed by atoms with Crippen LogP contribution in [0.15, 0.2) is 29.2 Å². The third-order valence-electron chi connectivity index (χ3n) is 2.25. The van der Waals surface area contributed by atoms with Crippen molar-refractivity contribution in [2.75, 3.05) is 5.75 Å². The number of hydroxylamine groups is 1. The molecule has 0 spiro atoms. The van der Waals surface area contributed by atoms with E-state index in [1.165, 1.54) is 24.3 Å². The molecular formula is C10H13NO5S. The van der Waals surface area contributed by atoms with Gasteiger partial charge in [-0.3, -0.25) is 4.79 Å². The van der Waals surface area contributed by atoms with Gasteiger partial charge in [-0.2, -0.15) is 5.48 Å². The fraction of sp³-hybridized carbons (Fsp3) is 0.300. The summed E-state index contributed by atoms with van der Waals surface area (Å²) in [4.78, 5) is 10.3. The molecule has 0 fully saturated rings. The van der Waals surface area contributed by atoms with Gasteiger partial charge in [-0.15, -0.1) is 0 Å². The molecule has 0 saturated heterocycles. The van der Waals surface area contributed by atoms with Crippen LogP contribution in [-0.2, 0) is 14.6 Å². The molecule has 94 valence electrons. The Hall–Kier alpha value is -1.44. The van der Waals surface area contributed by atoms with Gasteiger partial charge in [0.2, 0.25) is 0 Å². The highest BCUT2D eigenvalue weighted by atomic mass is 32.2. The lowest BCUT2D eigenvalue weighted by atomic mass is 10.1. The Morgan fingerprint density at radius 3 is 2.29 bits per heavy atom. The number of hydrogen-bond acceptors (Lipinski definition) is 5. The number of carboxylic acid groups (broad SMARTS) is 1. The average Bonchev–Trinajstić information content (AvgIpc) is 2.26. The summed E-state index contributed by atoms with van der Waals surface area (Å²) in [6.45, 7) is 1.70. The third-order valence-corrected chi connectivity index (χ3v) is 3.86. The quantitative estimate of drug-likeness (QED) is 0.668. The van der Waals surface area contributed by atoms with Gasteiger partial charge in [0.15, 0.2) is 15.6 Å². The third kappa shape index (κ3) is 3.52. The van der Waals surface area contributed by atoms with Crippen molar-refractivity contribution in [2.45, 2.75) is 17.9 Å². The van der Waals surface area contributed by atoms with Crippen molar-refractivity contribution < 1.29 is 23.5 Å². The van der Waals surface area contributed by atoms with Crippen LogP contribution < -0.4 is 5.48 Å². The van der Waals surface area contributed by atoms with Crippen molar-refractivity contribution in [3.63, 3.8) is 0 Å². The molecule has 3 N–H and O–H groups in total. The molecule has 0 amide bonds. The molecule has 0 aliphatic heterocycles. The monoisotopic (exact) mass is 259 g/mol. The zero-order chi connectivity index (χ0) is 13.1. The van der Waals surface area contributed by atoms with Gasteiger partial charge in [0.05, 0.1) is 10.9 Å². The average molecular weight is 259 g/mol. The highest BCUT2D eigenvalue weighted by Crippen LogP contribution is 2.16. The summed E-state index contributed by atoms with van der Waals surface area (Å²) in [5, 5.41) is 17.2. The SMILES string of the molecule is CC(NO)c1ccc(S(=O)(=O)CC(=O)O)cc1. The Bertz CT molecular complexity index is 494. The van der Waals surface area contributed by atoms with Gasteiger partial charge in [0, 0.05) is 0 Å². The summed E-state index contributed by atoms with van der Waals surface area (Å²) in [6.07, 6.45) is 0. The van der Waals surface area contributed by atoms with Crippen molar-refractivity contribution in [3.8, 4) is 0 Å². The second-order valence-corrected chi connectivity index (χ2v) is 5.56. The van der Waals surface area contributed by atoms with Crippen molar-refractivity contribution in [2.24, 2.45) is 0 Å². The lowest BCUT2D eigenvalue weighted by Crippen LogP contribution is -2.16. The first-order valence-corrected chi connectivity index (χ1v) is 6.46. The number of nitrogens with one attached hydrogen (secondary N) is 1. The standard InChI is InChI=1S/C10H13NO5S/c1-7(11-14)8-2-4-9(5-3-8)17(15,16)6-10(12)13/h2-5,7,11,14H,6H2,1H3,(H,12,13). The molecule has 1 rings (SSSR count). The Kier molecular flexibility index (Phi) is 4.22. The molecule has 1 unspecified atom stereocenters. The predicted octanol–water partition coefficient (Wildman–Crippen LogP) is 0.585. The van der Waals surface area contributed by atoms with E-state index in [9.17, 15) is 13.2 Å². The molecule has 0 heterocycles. The summed E-state index contributed by atoms with van der Waals surface area (Å²) in [5.41, 5.74) is 2.72. The first-order valence-electron chi connectivity index (χ1n) is 4.81. The van der Waals surface area contributed by atoms with E-state index in [1.54, 1.807) is 6.92 Å². The second-order valence-electron chi connectivity index (χ2n) is 3.57. The molecule has 0 aromatic heterocycles. The van der Waals surface area contributed by atoms with E-state index in [1.807, 2.05) is 5.48 Å². The Morgan fingerprint density at radius 1 is 1.35 bits per heavy atom. The summed E-state index contributed by atoms with van der Waals surface area (Å²) in [7, 11) is -3.79. The highest BCUT2D eigenvalue weighted by molar-refractivity contribution is 7.92. The van der Waals surface area contributed by atoms with Gasteiger partial charge < -0.3 is 10.3 Å². The largest absolute Gasteiger partial charge is 0.480 e. The van der Waals surface area contributed by atoms with Crippen LogP contribution in [0.5, 0.6) is 0 Å². The fourth-order valence-corrected chi connectivity index (χ4v) is 2.33. The van der Waals surface area contributed by atoms with Crippen LogP contribution in [0.4, 0.5) is 0 Å². The molecule has 1 aromatic rings. The molecular weight excluding hydrogens is 246 g/mol. The fourth-order valence-electron chi connectivity index (χ4n) is 1.28. The normalized spacial score (nSPS) is 13.3. The maximum absolute atomic E-state index is 11.5. The van der Waals surface area contributed by atoms with E-state index in [0.29, 0.717) is 5.56 Å². The number of rotatable bonds is 5. The van der Waals surface area contributed by atoms with Crippen molar-refractivity contribution >= 4 is 15.8 Å². The number of carboxylic acids is 1. The molecule has 0 radical (unpaired) electrons. The molecule has 0 aliphatic rings. The van der Waals surface area contributed by atoms with E-state index < -0.39 is 21.6 Å². The lowest BCUT2D eigenvalue weighted by Gasteiger charge is -2.09. The maximum Gasteiger partial charge on any atom is 0.319 e. The molecule has 0 bridgehead atoms. The van der Waals surface area contributed by atoms with E-state index >= 15 is 0 Å². The molecule has 0 saturated carbocycles.